The highest BCUT2D eigenvalue weighted by Gasteiger charge is 2.31. The molecular formula is C9H11BrN4O3. The van der Waals surface area contributed by atoms with Crippen molar-refractivity contribution in [2.75, 3.05) is 18.6 Å². The van der Waals surface area contributed by atoms with Gasteiger partial charge in [-0.05, 0) is 0 Å². The minimum atomic E-state index is -0.404. The van der Waals surface area contributed by atoms with Crippen molar-refractivity contribution < 1.29 is 14.3 Å². The Morgan fingerprint density at radius 2 is 2.47 bits per heavy atom. The number of anilines is 1. The van der Waals surface area contributed by atoms with E-state index in [2.05, 4.69) is 35.8 Å². The van der Waals surface area contributed by atoms with Gasteiger partial charge >= 0.3 is 5.97 Å². The van der Waals surface area contributed by atoms with E-state index >= 15 is 0 Å². The number of hydrogen-bond donors (Lipinski definition) is 1. The van der Waals surface area contributed by atoms with Crippen LogP contribution in [0, 0.1) is 0 Å². The fraction of sp³-hybridized carbons (Fsp3) is 0.556. The molecule has 2 rings (SSSR count). The molecule has 0 aromatic carbocycles. The maximum absolute atomic E-state index is 11.6. The molecule has 1 saturated heterocycles. The van der Waals surface area contributed by atoms with Crippen LogP contribution in [0.15, 0.2) is 0 Å². The molecule has 1 unspecified atom stereocenters. The summed E-state index contributed by atoms with van der Waals surface area (Å²) in [7, 11) is 1.30. The van der Waals surface area contributed by atoms with Gasteiger partial charge in [-0.15, -0.1) is 5.10 Å². The van der Waals surface area contributed by atoms with Crippen LogP contribution in [0.5, 0.6) is 0 Å². The van der Waals surface area contributed by atoms with Crippen LogP contribution in [0.2, 0.25) is 0 Å². The third-order valence-corrected chi connectivity index (χ3v) is 2.99. The lowest BCUT2D eigenvalue weighted by molar-refractivity contribution is -0.139. The number of alkyl halides is 1. The van der Waals surface area contributed by atoms with Crippen molar-refractivity contribution in [2.24, 2.45) is 0 Å². The van der Waals surface area contributed by atoms with Crippen molar-refractivity contribution in [3.05, 3.63) is 5.82 Å². The average Bonchev–Trinajstić information content (AvgIpc) is 2.85. The smallest absolute Gasteiger partial charge is 0.313 e. The van der Waals surface area contributed by atoms with E-state index < -0.39 is 5.97 Å². The van der Waals surface area contributed by atoms with Gasteiger partial charge in [-0.1, -0.05) is 15.9 Å². The van der Waals surface area contributed by atoms with E-state index in [0.29, 0.717) is 24.7 Å². The molecule has 7 nitrogen and oxygen atoms in total. The molecule has 0 saturated carbocycles. The van der Waals surface area contributed by atoms with Crippen molar-refractivity contribution in [2.45, 2.75) is 17.7 Å². The molecule has 1 atom stereocenters. The first-order valence-corrected chi connectivity index (χ1v) is 5.94. The van der Waals surface area contributed by atoms with Gasteiger partial charge in [0.05, 0.1) is 7.11 Å². The Morgan fingerprint density at radius 1 is 1.71 bits per heavy atom. The lowest BCUT2D eigenvalue weighted by atomic mass is 10.4. The summed E-state index contributed by atoms with van der Waals surface area (Å²) in [6.07, 6.45) is 0.449. The van der Waals surface area contributed by atoms with Crippen LogP contribution in [0.25, 0.3) is 0 Å². The van der Waals surface area contributed by atoms with Crippen molar-refractivity contribution in [3.63, 3.8) is 0 Å². The summed E-state index contributed by atoms with van der Waals surface area (Å²) in [5.41, 5.74) is 0. The third kappa shape index (κ3) is 2.63. The molecule has 0 spiro atoms. The molecule has 1 aliphatic rings. The summed E-state index contributed by atoms with van der Waals surface area (Å²) >= 11 is 3.37. The fourth-order valence-corrected chi connectivity index (χ4v) is 2.12. The second-order valence-corrected chi connectivity index (χ2v) is 4.94. The van der Waals surface area contributed by atoms with E-state index in [1.165, 1.54) is 12.0 Å². The van der Waals surface area contributed by atoms with Gasteiger partial charge in [-0.25, -0.2) is 0 Å². The lowest BCUT2D eigenvalue weighted by Crippen LogP contribution is -2.25. The van der Waals surface area contributed by atoms with E-state index in [0.717, 1.165) is 0 Å². The summed E-state index contributed by atoms with van der Waals surface area (Å²) in [6, 6.07) is 0. The minimum Gasteiger partial charge on any atom is -0.469 e. The zero-order valence-corrected chi connectivity index (χ0v) is 10.7. The van der Waals surface area contributed by atoms with Gasteiger partial charge in [0.25, 0.3) is 5.95 Å². The number of hydrogen-bond acceptors (Lipinski definition) is 5. The first-order chi connectivity index (χ1) is 8.10. The average molecular weight is 303 g/mol. The number of aromatic nitrogens is 3. The second kappa shape index (κ2) is 4.82. The molecule has 0 aliphatic carbocycles. The van der Waals surface area contributed by atoms with E-state index in [-0.39, 0.29) is 17.2 Å². The number of carbonyl (C=O) groups is 2. The van der Waals surface area contributed by atoms with Gasteiger partial charge in [0.15, 0.2) is 0 Å². The quantitative estimate of drug-likeness (QED) is 0.628. The van der Waals surface area contributed by atoms with Crippen LogP contribution in [-0.2, 0) is 20.7 Å². The summed E-state index contributed by atoms with van der Waals surface area (Å²) in [4.78, 5) is 28.3. The zero-order chi connectivity index (χ0) is 12.4. The van der Waals surface area contributed by atoms with Crippen molar-refractivity contribution in [3.8, 4) is 0 Å². The first kappa shape index (κ1) is 12.0. The molecule has 8 heteroatoms. The van der Waals surface area contributed by atoms with Gasteiger partial charge in [-0.2, -0.15) is 4.98 Å². The molecule has 2 heterocycles. The number of H-pyrrole nitrogens is 1. The molecule has 0 radical (unpaired) electrons. The zero-order valence-electron chi connectivity index (χ0n) is 9.14. The minimum absolute atomic E-state index is 0.0171. The van der Waals surface area contributed by atoms with Crippen molar-refractivity contribution in [1.82, 2.24) is 15.2 Å². The highest BCUT2D eigenvalue weighted by molar-refractivity contribution is 9.09. The molecule has 1 aliphatic heterocycles. The molecule has 1 N–H and O–H groups in total. The van der Waals surface area contributed by atoms with Crippen LogP contribution in [-0.4, -0.2) is 45.5 Å². The summed E-state index contributed by atoms with van der Waals surface area (Å²) in [6.45, 7) is 0.536. The normalized spacial score (nSPS) is 19.8. The molecule has 1 aromatic heterocycles. The largest absolute Gasteiger partial charge is 0.469 e. The number of aromatic amines is 1. The van der Waals surface area contributed by atoms with Crippen LogP contribution in [0.1, 0.15) is 12.2 Å². The Morgan fingerprint density at radius 3 is 3.06 bits per heavy atom. The Bertz CT molecular complexity index is 447. The number of esters is 1. The summed E-state index contributed by atoms with van der Waals surface area (Å²) in [5, 5.41) is 6.52. The second-order valence-electron chi connectivity index (χ2n) is 3.64. The standard InChI is InChI=1S/C9H11BrN4O3/c1-17-8(16)3-6-11-9(13-12-6)14-4-5(10)2-7(14)15/h5H,2-4H2,1H3,(H,11,12,13). The topological polar surface area (TPSA) is 88.2 Å². The van der Waals surface area contributed by atoms with Gasteiger partial charge < -0.3 is 4.74 Å². The van der Waals surface area contributed by atoms with Crippen molar-refractivity contribution in [1.29, 1.82) is 0 Å². The number of methoxy groups -OCH3 is 1. The van der Waals surface area contributed by atoms with E-state index in [1.54, 1.807) is 0 Å². The first-order valence-electron chi connectivity index (χ1n) is 5.02. The molecule has 1 aromatic rings. The predicted molar refractivity (Wildman–Crippen MR) is 61.8 cm³/mol. The third-order valence-electron chi connectivity index (χ3n) is 2.38. The number of rotatable bonds is 3. The van der Waals surface area contributed by atoms with Crippen LogP contribution in [0.4, 0.5) is 5.95 Å². The van der Waals surface area contributed by atoms with Gasteiger partial charge in [-0.3, -0.25) is 19.6 Å². The van der Waals surface area contributed by atoms with E-state index in [4.69, 9.17) is 0 Å². The van der Waals surface area contributed by atoms with Crippen LogP contribution in [0.3, 0.4) is 0 Å². The number of nitrogens with zero attached hydrogens (tertiary/aromatic N) is 3. The molecule has 1 amide bonds. The summed E-state index contributed by atoms with van der Waals surface area (Å²) in [5.74, 6) is 0.253. The molecule has 92 valence electrons. The molecule has 17 heavy (non-hydrogen) atoms. The molecule has 1 fully saturated rings. The molecular weight excluding hydrogens is 292 g/mol. The van der Waals surface area contributed by atoms with Gasteiger partial charge in [0, 0.05) is 17.8 Å². The summed E-state index contributed by atoms with van der Waals surface area (Å²) < 4.78 is 4.51. The van der Waals surface area contributed by atoms with Gasteiger partial charge in [0.1, 0.15) is 12.2 Å². The monoisotopic (exact) mass is 302 g/mol. The maximum atomic E-state index is 11.6. The number of ether oxygens (including phenoxy) is 1. The van der Waals surface area contributed by atoms with Gasteiger partial charge in [0.2, 0.25) is 5.91 Å². The maximum Gasteiger partial charge on any atom is 0.313 e. The fourth-order valence-electron chi connectivity index (χ4n) is 1.55. The molecule has 0 bridgehead atoms. The number of halogens is 1. The lowest BCUT2D eigenvalue weighted by Gasteiger charge is -2.09. The van der Waals surface area contributed by atoms with Crippen LogP contribution < -0.4 is 4.90 Å². The Hall–Kier alpha value is -1.44. The number of nitrogens with one attached hydrogen (secondary N) is 1. The number of amides is 1. The highest BCUT2D eigenvalue weighted by Crippen LogP contribution is 2.22. The SMILES string of the molecule is COC(=O)Cc1nc(N2CC(Br)CC2=O)n[nH]1. The van der Waals surface area contributed by atoms with Crippen molar-refractivity contribution >= 4 is 33.8 Å². The van der Waals surface area contributed by atoms with E-state index in [9.17, 15) is 9.59 Å². The van der Waals surface area contributed by atoms with E-state index in [1.807, 2.05) is 0 Å². The highest BCUT2D eigenvalue weighted by atomic mass is 79.9. The number of carbonyl (C=O) groups excluding carboxylic acids is 2. The Balaban J connectivity index is 2.08. The predicted octanol–water partition coefficient (Wildman–Crippen LogP) is 0.0204. The Labute approximate surface area is 106 Å². The Kier molecular flexibility index (Phi) is 3.41. The van der Waals surface area contributed by atoms with Crippen LogP contribution >= 0.6 is 15.9 Å².